The van der Waals surface area contributed by atoms with Crippen LogP contribution in [0.5, 0.6) is 0 Å². The van der Waals surface area contributed by atoms with Crippen LogP contribution in [0, 0.1) is 5.41 Å². The molecular formula is C14H28O5. The first-order valence-electron chi connectivity index (χ1n) is 6.53. The molecule has 0 spiro atoms. The van der Waals surface area contributed by atoms with Crippen molar-refractivity contribution < 1.29 is 24.1 Å². The third kappa shape index (κ3) is 5.09. The Hall–Kier alpha value is -0.650. The first-order valence-corrected chi connectivity index (χ1v) is 6.53. The maximum atomic E-state index is 11.3. The summed E-state index contributed by atoms with van der Waals surface area (Å²) in [5.74, 6) is -0.985. The topological polar surface area (TPSA) is 65.0 Å². The lowest BCUT2D eigenvalue weighted by atomic mass is 9.87. The van der Waals surface area contributed by atoms with Crippen LogP contribution in [-0.2, 0) is 19.0 Å². The summed E-state index contributed by atoms with van der Waals surface area (Å²) in [6.07, 6.45) is 1.55. The van der Waals surface area contributed by atoms with Crippen molar-refractivity contribution in [2.75, 3.05) is 26.4 Å². The molecule has 0 saturated carbocycles. The van der Waals surface area contributed by atoms with Gasteiger partial charge < -0.3 is 19.3 Å². The summed E-state index contributed by atoms with van der Waals surface area (Å²) < 4.78 is 16.3. The van der Waals surface area contributed by atoms with Crippen molar-refractivity contribution in [2.24, 2.45) is 5.41 Å². The van der Waals surface area contributed by atoms with Crippen LogP contribution in [0.15, 0.2) is 0 Å². The number of carbonyl (C=O) groups is 1. The van der Waals surface area contributed by atoms with Crippen molar-refractivity contribution in [1.29, 1.82) is 0 Å². The fraction of sp³-hybridized carbons (Fsp3) is 0.929. The Labute approximate surface area is 116 Å². The molecule has 114 valence electrons. The molecule has 1 rings (SSSR count). The van der Waals surface area contributed by atoms with E-state index < -0.39 is 5.79 Å². The molecular weight excluding hydrogens is 248 g/mol. The second-order valence-corrected chi connectivity index (χ2v) is 5.03. The molecule has 1 aliphatic rings. The Bertz CT molecular complexity index is 263. The predicted octanol–water partition coefficient (Wildman–Crippen LogP) is 2.12. The van der Waals surface area contributed by atoms with Crippen molar-refractivity contribution in [1.82, 2.24) is 0 Å². The van der Waals surface area contributed by atoms with Crippen LogP contribution < -0.4 is 0 Å². The van der Waals surface area contributed by atoms with Gasteiger partial charge in [0.25, 0.3) is 0 Å². The lowest BCUT2D eigenvalue weighted by molar-refractivity contribution is -0.302. The van der Waals surface area contributed by atoms with Gasteiger partial charge in [0.1, 0.15) is 0 Å². The van der Waals surface area contributed by atoms with Crippen molar-refractivity contribution in [3.05, 3.63) is 0 Å². The Morgan fingerprint density at radius 1 is 1.32 bits per heavy atom. The summed E-state index contributed by atoms with van der Waals surface area (Å²) >= 11 is 0. The molecule has 1 aliphatic heterocycles. The van der Waals surface area contributed by atoms with Gasteiger partial charge in [-0.15, -0.1) is 0 Å². The van der Waals surface area contributed by atoms with E-state index in [0.29, 0.717) is 26.2 Å². The molecule has 1 fully saturated rings. The molecule has 0 unspecified atom stereocenters. The lowest BCUT2D eigenvalue weighted by Gasteiger charge is -2.43. The van der Waals surface area contributed by atoms with Gasteiger partial charge in [-0.1, -0.05) is 14.4 Å². The molecule has 0 amide bonds. The van der Waals surface area contributed by atoms with E-state index in [1.165, 1.54) is 0 Å². The fourth-order valence-electron chi connectivity index (χ4n) is 1.81. The average molecular weight is 276 g/mol. The first kappa shape index (κ1) is 18.4. The number of aliphatic hydroxyl groups is 1. The number of rotatable bonds is 6. The summed E-state index contributed by atoms with van der Waals surface area (Å²) in [4.78, 5) is 11.3. The van der Waals surface area contributed by atoms with Crippen LogP contribution in [0.4, 0.5) is 0 Å². The number of ether oxygens (including phenoxy) is 3. The summed E-state index contributed by atoms with van der Waals surface area (Å²) in [6.45, 7) is 6.97. The third-order valence-corrected chi connectivity index (χ3v) is 3.54. The Morgan fingerprint density at radius 2 is 1.89 bits per heavy atom. The first-order chi connectivity index (χ1) is 8.49. The van der Waals surface area contributed by atoms with Gasteiger partial charge in [0.15, 0.2) is 5.79 Å². The molecule has 1 saturated heterocycles. The Kier molecular flexibility index (Phi) is 7.55. The van der Waals surface area contributed by atoms with Gasteiger partial charge in [-0.2, -0.15) is 0 Å². The summed E-state index contributed by atoms with van der Waals surface area (Å²) in [7, 11) is 0. The molecule has 0 aromatic heterocycles. The fourth-order valence-corrected chi connectivity index (χ4v) is 1.81. The second-order valence-electron chi connectivity index (χ2n) is 5.03. The minimum atomic E-state index is -0.749. The van der Waals surface area contributed by atoms with E-state index in [-0.39, 0.29) is 31.8 Å². The quantitative estimate of drug-likeness (QED) is 0.753. The van der Waals surface area contributed by atoms with Gasteiger partial charge in [-0.3, -0.25) is 4.79 Å². The highest BCUT2D eigenvalue weighted by atomic mass is 16.7. The molecule has 0 aliphatic carbocycles. The summed E-state index contributed by atoms with van der Waals surface area (Å²) in [5, 5.41) is 9.37. The van der Waals surface area contributed by atoms with Gasteiger partial charge >= 0.3 is 5.97 Å². The van der Waals surface area contributed by atoms with Crippen LogP contribution in [0.3, 0.4) is 0 Å². The predicted molar refractivity (Wildman–Crippen MR) is 72.7 cm³/mol. The maximum absolute atomic E-state index is 11.3. The molecule has 19 heavy (non-hydrogen) atoms. The number of carbonyl (C=O) groups excluding carboxylic acids is 1. The highest BCUT2D eigenvalue weighted by molar-refractivity contribution is 5.69. The standard InChI is InChI=1S/C13H24O5.CH4/c1-4-13(8-14)9-17-12(3,18-10-13)7-6-11(15)16-5-2;/h14H,4-10H2,1-3H3;1H4. The summed E-state index contributed by atoms with van der Waals surface area (Å²) in [5.41, 5.74) is -0.302. The maximum Gasteiger partial charge on any atom is 0.305 e. The number of aliphatic hydroxyl groups excluding tert-OH is 1. The lowest BCUT2D eigenvalue weighted by Crippen LogP contribution is -2.49. The molecule has 1 N–H and O–H groups in total. The van der Waals surface area contributed by atoms with E-state index in [9.17, 15) is 9.90 Å². The van der Waals surface area contributed by atoms with Crippen molar-refractivity contribution in [3.63, 3.8) is 0 Å². The molecule has 5 heteroatoms. The molecule has 1 heterocycles. The summed E-state index contributed by atoms with van der Waals surface area (Å²) in [6, 6.07) is 0. The Balaban J connectivity index is 0.00000324. The minimum absolute atomic E-state index is 0. The van der Waals surface area contributed by atoms with Gasteiger partial charge in [0, 0.05) is 11.8 Å². The van der Waals surface area contributed by atoms with Gasteiger partial charge in [-0.25, -0.2) is 0 Å². The van der Waals surface area contributed by atoms with Crippen LogP contribution in [-0.4, -0.2) is 43.3 Å². The SMILES string of the molecule is C.CCOC(=O)CCC1(C)OCC(CC)(CO)CO1. The molecule has 0 aromatic rings. The second kappa shape index (κ2) is 7.82. The zero-order chi connectivity index (χ0) is 13.6. The van der Waals surface area contributed by atoms with E-state index >= 15 is 0 Å². The van der Waals surface area contributed by atoms with E-state index in [0.717, 1.165) is 6.42 Å². The smallest absolute Gasteiger partial charge is 0.305 e. The van der Waals surface area contributed by atoms with Crippen LogP contribution in [0.2, 0.25) is 0 Å². The molecule has 0 atom stereocenters. The Morgan fingerprint density at radius 3 is 2.32 bits per heavy atom. The van der Waals surface area contributed by atoms with Gasteiger partial charge in [-0.05, 0) is 20.3 Å². The van der Waals surface area contributed by atoms with Crippen molar-refractivity contribution >= 4 is 5.97 Å². The van der Waals surface area contributed by atoms with E-state index in [1.807, 2.05) is 13.8 Å². The van der Waals surface area contributed by atoms with Crippen LogP contribution in [0.1, 0.15) is 47.5 Å². The molecule has 0 bridgehead atoms. The van der Waals surface area contributed by atoms with E-state index in [2.05, 4.69) is 0 Å². The van der Waals surface area contributed by atoms with Gasteiger partial charge in [0.05, 0.1) is 32.8 Å². The zero-order valence-electron chi connectivity index (χ0n) is 11.5. The molecule has 0 aromatic carbocycles. The average Bonchev–Trinajstić information content (AvgIpc) is 2.39. The monoisotopic (exact) mass is 276 g/mol. The highest BCUT2D eigenvalue weighted by Gasteiger charge is 2.41. The normalized spacial score (nSPS) is 30.5. The zero-order valence-corrected chi connectivity index (χ0v) is 11.5. The van der Waals surface area contributed by atoms with Crippen LogP contribution >= 0.6 is 0 Å². The highest BCUT2D eigenvalue weighted by Crippen LogP contribution is 2.34. The van der Waals surface area contributed by atoms with E-state index in [4.69, 9.17) is 14.2 Å². The van der Waals surface area contributed by atoms with Crippen molar-refractivity contribution in [3.8, 4) is 0 Å². The third-order valence-electron chi connectivity index (χ3n) is 3.54. The number of hydrogen-bond acceptors (Lipinski definition) is 5. The van der Waals surface area contributed by atoms with E-state index in [1.54, 1.807) is 6.92 Å². The van der Waals surface area contributed by atoms with Crippen molar-refractivity contribution in [2.45, 2.75) is 53.2 Å². The number of hydrogen-bond donors (Lipinski definition) is 1. The minimum Gasteiger partial charge on any atom is -0.466 e. The molecule has 0 radical (unpaired) electrons. The van der Waals surface area contributed by atoms with Gasteiger partial charge in [0.2, 0.25) is 0 Å². The number of esters is 1. The van der Waals surface area contributed by atoms with Crippen LogP contribution in [0.25, 0.3) is 0 Å². The molecule has 5 nitrogen and oxygen atoms in total. The largest absolute Gasteiger partial charge is 0.466 e.